The number of thiophene rings is 1. The third-order valence-electron chi connectivity index (χ3n) is 3.20. The molecule has 1 aromatic heterocycles. The van der Waals surface area contributed by atoms with Gasteiger partial charge in [0.1, 0.15) is 11.6 Å². The zero-order valence-corrected chi connectivity index (χ0v) is 11.3. The predicted molar refractivity (Wildman–Crippen MR) is 74.9 cm³/mol. The summed E-state index contributed by atoms with van der Waals surface area (Å²) in [7, 11) is 0. The summed E-state index contributed by atoms with van der Waals surface area (Å²) in [6.45, 7) is 0. The molecule has 0 saturated heterocycles. The molecule has 1 aliphatic heterocycles. The molecule has 0 spiro atoms. The Morgan fingerprint density at radius 1 is 1.05 bits per heavy atom. The molecule has 0 fully saturated rings. The Balaban J connectivity index is 2.22. The van der Waals surface area contributed by atoms with Crippen LogP contribution in [0.2, 0.25) is 0 Å². The van der Waals surface area contributed by atoms with Crippen LogP contribution in [0.4, 0.5) is 8.78 Å². The normalized spacial score (nSPS) is 15.4. The smallest absolute Gasteiger partial charge is 0.224 e. The van der Waals surface area contributed by atoms with Crippen LogP contribution in [-0.4, -0.2) is 5.91 Å². The summed E-state index contributed by atoms with van der Waals surface area (Å²) in [6, 6.07) is 7.45. The van der Waals surface area contributed by atoms with Gasteiger partial charge in [-0.2, -0.15) is 0 Å². The number of carbonyl (C=O) groups excluding carboxylic acids is 1. The second-order valence-corrected chi connectivity index (χ2v) is 5.42. The van der Waals surface area contributed by atoms with Crippen molar-refractivity contribution >= 4 is 28.5 Å². The van der Waals surface area contributed by atoms with Crippen molar-refractivity contribution in [1.29, 1.82) is 0 Å². The molecule has 0 radical (unpaired) electrons. The molecular weight excluding hydrogens is 280 g/mol. The van der Waals surface area contributed by atoms with Gasteiger partial charge in [0.05, 0.1) is 11.3 Å². The van der Waals surface area contributed by atoms with Crippen molar-refractivity contribution in [3.05, 3.63) is 57.8 Å². The summed E-state index contributed by atoms with van der Waals surface area (Å²) in [5.74, 6) is -1.56. The monoisotopic (exact) mass is 291 g/mol. The molecule has 2 nitrogen and oxygen atoms in total. The van der Waals surface area contributed by atoms with Crippen molar-refractivity contribution in [3.8, 4) is 0 Å². The third-order valence-corrected chi connectivity index (χ3v) is 4.13. The SMILES string of the molecule is O=C1CCC(c2cccs2)=C(c2c(F)cccc2F)N1. The molecule has 1 N–H and O–H groups in total. The van der Waals surface area contributed by atoms with E-state index < -0.39 is 11.6 Å². The van der Waals surface area contributed by atoms with E-state index in [1.54, 1.807) is 0 Å². The molecule has 20 heavy (non-hydrogen) atoms. The van der Waals surface area contributed by atoms with Gasteiger partial charge in [0.2, 0.25) is 5.91 Å². The van der Waals surface area contributed by atoms with E-state index in [0.717, 1.165) is 10.5 Å². The fraction of sp³-hybridized carbons (Fsp3) is 0.133. The lowest BCUT2D eigenvalue weighted by atomic mass is 9.96. The summed E-state index contributed by atoms with van der Waals surface area (Å²) in [4.78, 5) is 12.5. The van der Waals surface area contributed by atoms with Crippen molar-refractivity contribution < 1.29 is 13.6 Å². The van der Waals surface area contributed by atoms with Crippen LogP contribution in [0.5, 0.6) is 0 Å². The molecule has 0 unspecified atom stereocenters. The van der Waals surface area contributed by atoms with E-state index in [-0.39, 0.29) is 17.2 Å². The molecule has 0 aliphatic carbocycles. The summed E-state index contributed by atoms with van der Waals surface area (Å²) < 4.78 is 27.9. The first-order valence-electron chi connectivity index (χ1n) is 6.18. The molecule has 1 aromatic carbocycles. The minimum absolute atomic E-state index is 0.163. The number of amides is 1. The standard InChI is InChI=1S/C15H11F2NOS/c16-10-3-1-4-11(17)14(10)15-9(6-7-13(19)18-15)12-5-2-8-20-12/h1-5,8H,6-7H2,(H,18,19). The van der Waals surface area contributed by atoms with Gasteiger partial charge in [-0.3, -0.25) is 4.79 Å². The number of hydrogen-bond acceptors (Lipinski definition) is 2. The molecule has 0 saturated carbocycles. The van der Waals surface area contributed by atoms with Crippen LogP contribution in [0.3, 0.4) is 0 Å². The lowest BCUT2D eigenvalue weighted by Crippen LogP contribution is -2.27. The molecule has 2 heterocycles. The van der Waals surface area contributed by atoms with Crippen LogP contribution in [-0.2, 0) is 4.79 Å². The highest BCUT2D eigenvalue weighted by Gasteiger charge is 2.25. The maximum atomic E-state index is 14.0. The first kappa shape index (κ1) is 13.0. The Bertz CT molecular complexity index is 672. The van der Waals surface area contributed by atoms with E-state index in [9.17, 15) is 13.6 Å². The van der Waals surface area contributed by atoms with Crippen LogP contribution in [0.25, 0.3) is 11.3 Å². The van der Waals surface area contributed by atoms with Crippen molar-refractivity contribution in [3.63, 3.8) is 0 Å². The average Bonchev–Trinajstić information content (AvgIpc) is 2.92. The molecule has 0 atom stereocenters. The van der Waals surface area contributed by atoms with E-state index in [1.165, 1.54) is 29.5 Å². The van der Waals surface area contributed by atoms with Crippen LogP contribution in [0, 0.1) is 11.6 Å². The largest absolute Gasteiger partial charge is 0.325 e. The van der Waals surface area contributed by atoms with Gasteiger partial charge in [-0.05, 0) is 35.6 Å². The predicted octanol–water partition coefficient (Wildman–Crippen LogP) is 3.80. The fourth-order valence-corrected chi connectivity index (χ4v) is 3.09. The Morgan fingerprint density at radius 3 is 2.45 bits per heavy atom. The lowest BCUT2D eigenvalue weighted by Gasteiger charge is -2.21. The number of hydrogen-bond donors (Lipinski definition) is 1. The molecule has 0 bridgehead atoms. The molecule has 5 heteroatoms. The highest BCUT2D eigenvalue weighted by Crippen LogP contribution is 2.35. The summed E-state index contributed by atoms with van der Waals surface area (Å²) in [5, 5.41) is 4.52. The summed E-state index contributed by atoms with van der Waals surface area (Å²) >= 11 is 1.49. The van der Waals surface area contributed by atoms with E-state index in [1.807, 2.05) is 17.5 Å². The first-order valence-corrected chi connectivity index (χ1v) is 7.06. The average molecular weight is 291 g/mol. The first-order chi connectivity index (χ1) is 9.66. The molecular formula is C15H11F2NOS. The Labute approximate surface area is 118 Å². The minimum Gasteiger partial charge on any atom is -0.325 e. The molecule has 2 aromatic rings. The number of benzene rings is 1. The Hall–Kier alpha value is -2.01. The topological polar surface area (TPSA) is 29.1 Å². The van der Waals surface area contributed by atoms with E-state index in [4.69, 9.17) is 0 Å². The van der Waals surface area contributed by atoms with Gasteiger partial charge in [0.25, 0.3) is 0 Å². The van der Waals surface area contributed by atoms with Gasteiger partial charge >= 0.3 is 0 Å². The number of allylic oxidation sites excluding steroid dienone is 1. The minimum atomic E-state index is -0.670. The quantitative estimate of drug-likeness (QED) is 0.895. The second kappa shape index (κ2) is 5.17. The van der Waals surface area contributed by atoms with E-state index >= 15 is 0 Å². The molecule has 3 rings (SSSR count). The zero-order chi connectivity index (χ0) is 14.1. The van der Waals surface area contributed by atoms with Gasteiger partial charge < -0.3 is 5.32 Å². The maximum absolute atomic E-state index is 14.0. The van der Waals surface area contributed by atoms with Gasteiger partial charge in [0, 0.05) is 11.3 Å². The third kappa shape index (κ3) is 2.25. The lowest BCUT2D eigenvalue weighted by molar-refractivity contribution is -0.120. The zero-order valence-electron chi connectivity index (χ0n) is 10.5. The van der Waals surface area contributed by atoms with Crippen molar-refractivity contribution in [2.45, 2.75) is 12.8 Å². The van der Waals surface area contributed by atoms with Gasteiger partial charge in [-0.15, -0.1) is 11.3 Å². The summed E-state index contributed by atoms with van der Waals surface area (Å²) in [6.07, 6.45) is 0.808. The Kier molecular flexibility index (Phi) is 3.36. The number of rotatable bonds is 2. The van der Waals surface area contributed by atoms with Crippen LogP contribution < -0.4 is 5.32 Å². The van der Waals surface area contributed by atoms with Gasteiger partial charge in [-0.1, -0.05) is 12.1 Å². The van der Waals surface area contributed by atoms with E-state index in [0.29, 0.717) is 12.8 Å². The van der Waals surface area contributed by atoms with Crippen molar-refractivity contribution in [2.24, 2.45) is 0 Å². The fourth-order valence-electron chi connectivity index (χ4n) is 2.29. The van der Waals surface area contributed by atoms with Crippen LogP contribution >= 0.6 is 11.3 Å². The molecule has 1 amide bonds. The second-order valence-electron chi connectivity index (χ2n) is 4.48. The molecule has 1 aliphatic rings. The van der Waals surface area contributed by atoms with Crippen molar-refractivity contribution in [2.75, 3.05) is 0 Å². The van der Waals surface area contributed by atoms with Crippen LogP contribution in [0.15, 0.2) is 35.7 Å². The van der Waals surface area contributed by atoms with Gasteiger partial charge in [-0.25, -0.2) is 8.78 Å². The van der Waals surface area contributed by atoms with Crippen LogP contribution in [0.1, 0.15) is 23.3 Å². The van der Waals surface area contributed by atoms with E-state index in [2.05, 4.69) is 5.32 Å². The highest BCUT2D eigenvalue weighted by atomic mass is 32.1. The Morgan fingerprint density at radius 2 is 1.80 bits per heavy atom. The number of carbonyl (C=O) groups is 1. The maximum Gasteiger partial charge on any atom is 0.224 e. The number of nitrogens with one attached hydrogen (secondary N) is 1. The molecule has 102 valence electrons. The van der Waals surface area contributed by atoms with Gasteiger partial charge in [0.15, 0.2) is 0 Å². The summed E-state index contributed by atoms with van der Waals surface area (Å²) in [5.41, 5.74) is 0.867. The number of halogens is 2. The van der Waals surface area contributed by atoms with Crippen molar-refractivity contribution in [1.82, 2.24) is 5.32 Å². The highest BCUT2D eigenvalue weighted by molar-refractivity contribution is 7.11.